The monoisotopic (exact) mass is 255 g/mol. The second kappa shape index (κ2) is 5.22. The predicted molar refractivity (Wildman–Crippen MR) is 53.7 cm³/mol. The van der Waals surface area contributed by atoms with E-state index in [2.05, 4.69) is 5.32 Å². The van der Waals surface area contributed by atoms with Crippen LogP contribution in [0.2, 0.25) is 0 Å². The molecule has 1 rings (SSSR count). The Bertz CT molecular complexity index is 282. The molecule has 1 saturated carbocycles. The van der Waals surface area contributed by atoms with E-state index in [1.807, 2.05) is 0 Å². The van der Waals surface area contributed by atoms with Gasteiger partial charge in [0.1, 0.15) is 5.54 Å². The van der Waals surface area contributed by atoms with E-state index < -0.39 is 30.3 Å². The van der Waals surface area contributed by atoms with Crippen molar-refractivity contribution in [1.82, 2.24) is 5.32 Å². The molecular weight excluding hydrogens is 239 g/mol. The molecule has 1 aliphatic rings. The Hall–Kier alpha value is -0.820. The Morgan fingerprint density at radius 1 is 1.53 bits per heavy atom. The minimum atomic E-state index is -4.43. The fourth-order valence-corrected chi connectivity index (χ4v) is 2.24. The minimum absolute atomic E-state index is 0.150. The van der Waals surface area contributed by atoms with Gasteiger partial charge in [0.25, 0.3) is 0 Å². The minimum Gasteiger partial charge on any atom is -0.480 e. The number of hydrogen-bond acceptors (Lipinski definition) is 3. The van der Waals surface area contributed by atoms with E-state index in [0.29, 0.717) is 12.8 Å². The van der Waals surface area contributed by atoms with Crippen molar-refractivity contribution in [2.24, 2.45) is 0 Å². The zero-order chi connectivity index (χ0) is 13.1. The van der Waals surface area contributed by atoms with E-state index in [-0.39, 0.29) is 6.42 Å². The molecule has 0 spiro atoms. The largest absolute Gasteiger partial charge is 0.480 e. The zero-order valence-corrected chi connectivity index (χ0v) is 9.51. The van der Waals surface area contributed by atoms with Crippen molar-refractivity contribution in [2.45, 2.75) is 43.5 Å². The molecular formula is C10H16F3NO3. The third-order valence-corrected chi connectivity index (χ3v) is 3.11. The van der Waals surface area contributed by atoms with Gasteiger partial charge in [0.15, 0.2) is 0 Å². The molecule has 0 bridgehead atoms. The number of hydrogen-bond donors (Lipinski definition) is 2. The Labute approximate surface area is 97.1 Å². The lowest BCUT2D eigenvalue weighted by Crippen LogP contribution is -2.63. The van der Waals surface area contributed by atoms with Crippen molar-refractivity contribution in [3.63, 3.8) is 0 Å². The molecule has 0 heterocycles. The van der Waals surface area contributed by atoms with Crippen molar-refractivity contribution in [1.29, 1.82) is 0 Å². The van der Waals surface area contributed by atoms with E-state index in [1.54, 1.807) is 0 Å². The summed E-state index contributed by atoms with van der Waals surface area (Å²) in [6, 6.07) is 0. The number of nitrogens with one attached hydrogen (secondary N) is 1. The van der Waals surface area contributed by atoms with Crippen LogP contribution in [0.5, 0.6) is 0 Å². The summed E-state index contributed by atoms with van der Waals surface area (Å²) in [6.45, 7) is -1.32. The van der Waals surface area contributed by atoms with Gasteiger partial charge in [-0.2, -0.15) is 13.2 Å². The van der Waals surface area contributed by atoms with Crippen LogP contribution in [0.1, 0.15) is 25.7 Å². The number of ether oxygens (including phenoxy) is 1. The highest BCUT2D eigenvalue weighted by Gasteiger charge is 2.49. The van der Waals surface area contributed by atoms with Gasteiger partial charge >= 0.3 is 12.1 Å². The highest BCUT2D eigenvalue weighted by molar-refractivity contribution is 5.80. The third kappa shape index (κ3) is 3.32. The highest BCUT2D eigenvalue weighted by Crippen LogP contribution is 2.31. The van der Waals surface area contributed by atoms with Gasteiger partial charge in [0.2, 0.25) is 0 Å². The molecule has 0 aromatic carbocycles. The van der Waals surface area contributed by atoms with Gasteiger partial charge in [-0.25, -0.2) is 0 Å². The molecule has 0 aliphatic heterocycles. The third-order valence-electron chi connectivity index (χ3n) is 3.11. The molecule has 2 atom stereocenters. The summed E-state index contributed by atoms with van der Waals surface area (Å²) in [7, 11) is 1.32. The number of rotatable bonds is 4. The summed E-state index contributed by atoms with van der Waals surface area (Å²) >= 11 is 0. The number of carboxylic acids is 1. The Morgan fingerprint density at radius 3 is 2.65 bits per heavy atom. The van der Waals surface area contributed by atoms with E-state index in [0.717, 1.165) is 6.42 Å². The molecule has 0 amide bonds. The van der Waals surface area contributed by atoms with Crippen molar-refractivity contribution in [3.05, 3.63) is 0 Å². The topological polar surface area (TPSA) is 58.6 Å². The summed E-state index contributed by atoms with van der Waals surface area (Å²) in [5.74, 6) is -1.28. The van der Waals surface area contributed by atoms with Gasteiger partial charge in [-0.3, -0.25) is 10.1 Å². The molecule has 4 nitrogen and oxygen atoms in total. The van der Waals surface area contributed by atoms with Crippen LogP contribution in [0.15, 0.2) is 0 Å². The van der Waals surface area contributed by atoms with Crippen LogP contribution in [0.3, 0.4) is 0 Å². The molecule has 17 heavy (non-hydrogen) atoms. The molecule has 0 radical (unpaired) electrons. The van der Waals surface area contributed by atoms with Crippen LogP contribution >= 0.6 is 0 Å². The molecule has 0 saturated heterocycles. The quantitative estimate of drug-likeness (QED) is 0.800. The zero-order valence-electron chi connectivity index (χ0n) is 9.51. The number of aliphatic carboxylic acids is 1. The normalized spacial score (nSPS) is 30.2. The first-order valence-corrected chi connectivity index (χ1v) is 5.40. The number of alkyl halides is 3. The molecule has 7 heteroatoms. The second-order valence-corrected chi connectivity index (χ2v) is 4.22. The fraction of sp³-hybridized carbons (Fsp3) is 0.900. The summed E-state index contributed by atoms with van der Waals surface area (Å²) in [5, 5.41) is 11.3. The van der Waals surface area contributed by atoms with Crippen LogP contribution in [0, 0.1) is 0 Å². The highest BCUT2D eigenvalue weighted by atomic mass is 19.4. The van der Waals surface area contributed by atoms with Gasteiger partial charge in [0, 0.05) is 7.11 Å². The van der Waals surface area contributed by atoms with Crippen molar-refractivity contribution in [3.8, 4) is 0 Å². The van der Waals surface area contributed by atoms with Crippen LogP contribution in [0.4, 0.5) is 13.2 Å². The van der Waals surface area contributed by atoms with Gasteiger partial charge < -0.3 is 9.84 Å². The molecule has 1 fully saturated rings. The number of halogens is 3. The number of carbonyl (C=O) groups is 1. The van der Waals surface area contributed by atoms with Crippen LogP contribution in [-0.2, 0) is 9.53 Å². The smallest absolute Gasteiger partial charge is 0.401 e. The van der Waals surface area contributed by atoms with Gasteiger partial charge in [0.05, 0.1) is 12.6 Å². The first-order chi connectivity index (χ1) is 7.82. The fourth-order valence-electron chi connectivity index (χ4n) is 2.24. The number of methoxy groups -OCH3 is 1. The van der Waals surface area contributed by atoms with Crippen LogP contribution in [0.25, 0.3) is 0 Å². The van der Waals surface area contributed by atoms with Crippen molar-refractivity contribution in [2.75, 3.05) is 13.7 Å². The predicted octanol–water partition coefficient (Wildman–Crippen LogP) is 1.55. The van der Waals surface area contributed by atoms with Crippen molar-refractivity contribution >= 4 is 5.97 Å². The van der Waals surface area contributed by atoms with E-state index in [1.165, 1.54) is 7.11 Å². The molecule has 0 aromatic rings. The summed E-state index contributed by atoms with van der Waals surface area (Å²) in [4.78, 5) is 11.3. The van der Waals surface area contributed by atoms with Crippen molar-refractivity contribution < 1.29 is 27.8 Å². The van der Waals surface area contributed by atoms with Gasteiger partial charge in [-0.15, -0.1) is 0 Å². The Morgan fingerprint density at radius 2 is 2.18 bits per heavy atom. The van der Waals surface area contributed by atoms with E-state index in [9.17, 15) is 23.1 Å². The lowest BCUT2D eigenvalue weighted by atomic mass is 9.79. The number of carboxylic acid groups (broad SMARTS) is 1. The van der Waals surface area contributed by atoms with E-state index >= 15 is 0 Å². The first kappa shape index (κ1) is 14.2. The molecule has 100 valence electrons. The molecule has 2 N–H and O–H groups in total. The average Bonchev–Trinajstić information content (AvgIpc) is 2.25. The summed E-state index contributed by atoms with van der Waals surface area (Å²) < 4.78 is 41.6. The summed E-state index contributed by atoms with van der Waals surface area (Å²) in [5.41, 5.74) is -1.62. The maximum absolute atomic E-state index is 12.2. The second-order valence-electron chi connectivity index (χ2n) is 4.22. The van der Waals surface area contributed by atoms with E-state index in [4.69, 9.17) is 4.74 Å². The van der Waals surface area contributed by atoms with Crippen LogP contribution < -0.4 is 5.32 Å². The van der Waals surface area contributed by atoms with Crippen LogP contribution in [-0.4, -0.2) is 42.5 Å². The van der Waals surface area contributed by atoms with Gasteiger partial charge in [-0.05, 0) is 12.8 Å². The average molecular weight is 255 g/mol. The molecule has 1 aliphatic carbocycles. The standard InChI is InChI=1S/C10H16F3NO3/c1-17-7-4-2-3-5-9(7,8(15)16)14-6-10(11,12)13/h7,14H,2-6H2,1H3,(H,15,16). The molecule has 2 unspecified atom stereocenters. The SMILES string of the molecule is COC1CCCCC1(NCC(F)(F)F)C(=O)O. The lowest BCUT2D eigenvalue weighted by molar-refractivity contribution is -0.161. The lowest BCUT2D eigenvalue weighted by Gasteiger charge is -2.40. The summed E-state index contributed by atoms with van der Waals surface area (Å²) in [6.07, 6.45) is -3.21. The molecule has 0 aromatic heterocycles. The Balaban J connectivity index is 2.83. The maximum atomic E-state index is 12.2. The maximum Gasteiger partial charge on any atom is 0.401 e. The van der Waals surface area contributed by atoms with Gasteiger partial charge in [-0.1, -0.05) is 12.8 Å². The first-order valence-electron chi connectivity index (χ1n) is 5.40. The Kier molecular flexibility index (Phi) is 4.37.